The maximum absolute atomic E-state index is 11.5. The molecular formula is C10H13N2O. The van der Waals surface area contributed by atoms with Crippen molar-refractivity contribution < 1.29 is 4.79 Å². The Morgan fingerprint density at radius 3 is 2.85 bits per heavy atom. The van der Waals surface area contributed by atoms with Crippen LogP contribution in [0.2, 0.25) is 0 Å². The van der Waals surface area contributed by atoms with Crippen LogP contribution >= 0.6 is 0 Å². The van der Waals surface area contributed by atoms with Crippen LogP contribution in [-0.4, -0.2) is 24.9 Å². The van der Waals surface area contributed by atoms with Crippen LogP contribution in [-0.2, 0) is 6.54 Å². The van der Waals surface area contributed by atoms with E-state index in [0.717, 1.165) is 5.56 Å². The molecule has 0 atom stereocenters. The van der Waals surface area contributed by atoms with Gasteiger partial charge < -0.3 is 10.6 Å². The Morgan fingerprint density at radius 1 is 1.62 bits per heavy atom. The number of benzene rings is 1. The van der Waals surface area contributed by atoms with Crippen molar-refractivity contribution in [2.45, 2.75) is 6.54 Å². The Labute approximate surface area is 78.2 Å². The van der Waals surface area contributed by atoms with Crippen LogP contribution in [0.4, 0.5) is 0 Å². The van der Waals surface area contributed by atoms with Crippen molar-refractivity contribution in [2.75, 3.05) is 14.1 Å². The Hall–Kier alpha value is -1.35. The second-order valence-electron chi connectivity index (χ2n) is 3.01. The first-order valence-corrected chi connectivity index (χ1v) is 4.07. The quantitative estimate of drug-likeness (QED) is 0.720. The van der Waals surface area contributed by atoms with Gasteiger partial charge in [0.05, 0.1) is 0 Å². The Morgan fingerprint density at radius 2 is 2.31 bits per heavy atom. The van der Waals surface area contributed by atoms with Crippen molar-refractivity contribution in [2.24, 2.45) is 5.73 Å². The van der Waals surface area contributed by atoms with Crippen LogP contribution in [0.3, 0.4) is 0 Å². The molecule has 3 heteroatoms. The molecule has 0 saturated heterocycles. The van der Waals surface area contributed by atoms with Crippen molar-refractivity contribution in [1.82, 2.24) is 4.90 Å². The molecule has 0 spiro atoms. The zero-order chi connectivity index (χ0) is 9.84. The second kappa shape index (κ2) is 4.05. The summed E-state index contributed by atoms with van der Waals surface area (Å²) in [5, 5.41) is 0. The van der Waals surface area contributed by atoms with Crippen LogP contribution in [0, 0.1) is 6.07 Å². The van der Waals surface area contributed by atoms with E-state index in [2.05, 4.69) is 6.07 Å². The van der Waals surface area contributed by atoms with E-state index in [0.29, 0.717) is 12.1 Å². The summed E-state index contributed by atoms with van der Waals surface area (Å²) in [5.74, 6) is -0.0105. The zero-order valence-electron chi connectivity index (χ0n) is 7.87. The molecule has 69 valence electrons. The van der Waals surface area contributed by atoms with E-state index in [1.807, 2.05) is 0 Å². The van der Waals surface area contributed by atoms with Gasteiger partial charge in [-0.3, -0.25) is 4.79 Å². The summed E-state index contributed by atoms with van der Waals surface area (Å²) in [6, 6.07) is 8.18. The number of rotatable bonds is 2. The molecule has 0 saturated carbocycles. The molecule has 0 aliphatic rings. The first-order valence-electron chi connectivity index (χ1n) is 4.07. The average molecular weight is 177 g/mol. The molecule has 0 unspecified atom stereocenters. The molecule has 1 radical (unpaired) electrons. The van der Waals surface area contributed by atoms with Crippen LogP contribution in [0.25, 0.3) is 0 Å². The van der Waals surface area contributed by atoms with Crippen molar-refractivity contribution in [3.63, 3.8) is 0 Å². The van der Waals surface area contributed by atoms with Crippen LogP contribution < -0.4 is 5.73 Å². The van der Waals surface area contributed by atoms with Gasteiger partial charge in [0.15, 0.2) is 0 Å². The molecule has 1 amide bonds. The molecular weight excluding hydrogens is 164 g/mol. The molecule has 0 aliphatic carbocycles. The molecule has 1 aromatic carbocycles. The lowest BCUT2D eigenvalue weighted by atomic mass is 10.1. The Kier molecular flexibility index (Phi) is 3.03. The predicted octanol–water partition coefficient (Wildman–Crippen LogP) is 0.647. The lowest BCUT2D eigenvalue weighted by Crippen LogP contribution is -2.21. The molecule has 1 rings (SSSR count). The van der Waals surface area contributed by atoms with Gasteiger partial charge in [0, 0.05) is 26.2 Å². The normalized spacial score (nSPS) is 9.77. The van der Waals surface area contributed by atoms with Crippen LogP contribution in [0.1, 0.15) is 15.9 Å². The minimum Gasteiger partial charge on any atom is -0.345 e. The van der Waals surface area contributed by atoms with E-state index in [1.165, 1.54) is 4.90 Å². The van der Waals surface area contributed by atoms with Crippen molar-refractivity contribution >= 4 is 5.91 Å². The van der Waals surface area contributed by atoms with Crippen LogP contribution in [0.5, 0.6) is 0 Å². The molecule has 0 aliphatic heterocycles. The van der Waals surface area contributed by atoms with Gasteiger partial charge in [0.25, 0.3) is 5.91 Å². The third kappa shape index (κ3) is 2.29. The third-order valence-electron chi connectivity index (χ3n) is 1.73. The fourth-order valence-corrected chi connectivity index (χ4v) is 1.03. The van der Waals surface area contributed by atoms with E-state index in [-0.39, 0.29) is 5.91 Å². The van der Waals surface area contributed by atoms with Gasteiger partial charge in [-0.15, -0.1) is 0 Å². The fraction of sp³-hybridized carbons (Fsp3) is 0.300. The van der Waals surface area contributed by atoms with Crippen LogP contribution in [0.15, 0.2) is 18.2 Å². The standard InChI is InChI=1S/C10H13N2O/c1-12(2)10(13)9-5-3-4-8(6-9)7-11/h3,5-6H,7,11H2,1-2H3. The highest BCUT2D eigenvalue weighted by Gasteiger charge is 2.07. The zero-order valence-corrected chi connectivity index (χ0v) is 7.87. The SMILES string of the molecule is CN(C)C(=O)c1cc[c]c(CN)c1. The number of hydrogen-bond donors (Lipinski definition) is 1. The smallest absolute Gasteiger partial charge is 0.253 e. The monoisotopic (exact) mass is 177 g/mol. The van der Waals surface area contributed by atoms with Crippen molar-refractivity contribution in [1.29, 1.82) is 0 Å². The number of carbonyl (C=O) groups excluding carboxylic acids is 1. The number of amides is 1. The third-order valence-corrected chi connectivity index (χ3v) is 1.73. The minimum atomic E-state index is -0.0105. The molecule has 1 aromatic rings. The number of carbonyl (C=O) groups is 1. The largest absolute Gasteiger partial charge is 0.345 e. The molecule has 0 aromatic heterocycles. The molecule has 3 nitrogen and oxygen atoms in total. The molecule has 13 heavy (non-hydrogen) atoms. The van der Waals surface area contributed by atoms with Crippen molar-refractivity contribution in [3.05, 3.63) is 35.4 Å². The first-order chi connectivity index (χ1) is 6.15. The second-order valence-corrected chi connectivity index (χ2v) is 3.01. The summed E-state index contributed by atoms with van der Waals surface area (Å²) in [6.45, 7) is 0.411. The number of nitrogens with two attached hydrogens (primary N) is 1. The van der Waals surface area contributed by atoms with E-state index in [9.17, 15) is 4.79 Å². The Balaban J connectivity index is 2.95. The fourth-order valence-electron chi connectivity index (χ4n) is 1.03. The highest BCUT2D eigenvalue weighted by molar-refractivity contribution is 5.93. The summed E-state index contributed by atoms with van der Waals surface area (Å²) in [7, 11) is 3.45. The van der Waals surface area contributed by atoms with E-state index >= 15 is 0 Å². The van der Waals surface area contributed by atoms with Crippen molar-refractivity contribution in [3.8, 4) is 0 Å². The maximum Gasteiger partial charge on any atom is 0.253 e. The maximum atomic E-state index is 11.5. The Bertz CT molecular complexity index is 308. The van der Waals surface area contributed by atoms with Gasteiger partial charge in [0.1, 0.15) is 0 Å². The van der Waals surface area contributed by atoms with Gasteiger partial charge in [-0.2, -0.15) is 0 Å². The topological polar surface area (TPSA) is 46.3 Å². The highest BCUT2D eigenvalue weighted by atomic mass is 16.2. The molecule has 0 heterocycles. The first kappa shape index (κ1) is 9.74. The van der Waals surface area contributed by atoms with Gasteiger partial charge in [-0.1, -0.05) is 6.07 Å². The van der Waals surface area contributed by atoms with E-state index in [1.54, 1.807) is 32.3 Å². The molecule has 2 N–H and O–H groups in total. The number of nitrogens with zero attached hydrogens (tertiary/aromatic N) is 1. The van der Waals surface area contributed by atoms with E-state index in [4.69, 9.17) is 5.73 Å². The molecule has 0 fully saturated rings. The lowest BCUT2D eigenvalue weighted by molar-refractivity contribution is 0.0827. The van der Waals surface area contributed by atoms with Gasteiger partial charge in [0.2, 0.25) is 0 Å². The van der Waals surface area contributed by atoms with Gasteiger partial charge in [-0.05, 0) is 23.8 Å². The van der Waals surface area contributed by atoms with E-state index < -0.39 is 0 Å². The summed E-state index contributed by atoms with van der Waals surface area (Å²) in [5.41, 5.74) is 6.95. The minimum absolute atomic E-state index is 0.0105. The average Bonchev–Trinajstić information content (AvgIpc) is 2.16. The van der Waals surface area contributed by atoms with Gasteiger partial charge >= 0.3 is 0 Å². The summed E-state index contributed by atoms with van der Waals surface area (Å²) >= 11 is 0. The lowest BCUT2D eigenvalue weighted by Gasteiger charge is -2.10. The highest BCUT2D eigenvalue weighted by Crippen LogP contribution is 2.05. The summed E-state index contributed by atoms with van der Waals surface area (Å²) < 4.78 is 0. The van der Waals surface area contributed by atoms with Gasteiger partial charge in [-0.25, -0.2) is 0 Å². The summed E-state index contributed by atoms with van der Waals surface area (Å²) in [6.07, 6.45) is 0. The predicted molar refractivity (Wildman–Crippen MR) is 51.2 cm³/mol. The summed E-state index contributed by atoms with van der Waals surface area (Å²) in [4.78, 5) is 13.0. The molecule has 0 bridgehead atoms. The number of hydrogen-bond acceptors (Lipinski definition) is 2.